The molecule has 6 heteroatoms. The number of pyridine rings is 1. The van der Waals surface area contributed by atoms with Gasteiger partial charge in [0.25, 0.3) is 5.91 Å². The van der Waals surface area contributed by atoms with Crippen LogP contribution >= 0.6 is 0 Å². The van der Waals surface area contributed by atoms with E-state index in [1.54, 1.807) is 6.20 Å². The zero-order valence-electron chi connectivity index (χ0n) is 18.6. The molecule has 0 aliphatic carbocycles. The molecule has 1 spiro atoms. The molecule has 0 radical (unpaired) electrons. The Balaban J connectivity index is 1.20. The van der Waals surface area contributed by atoms with Crippen LogP contribution in [0.25, 0.3) is 0 Å². The molecular formula is C25H33N3O3. The highest BCUT2D eigenvalue weighted by atomic mass is 16.5. The Bertz CT molecular complexity index is 848. The Morgan fingerprint density at radius 3 is 2.74 bits per heavy atom. The Labute approximate surface area is 185 Å². The number of benzene rings is 1. The Morgan fingerprint density at radius 1 is 1.26 bits per heavy atom. The van der Waals surface area contributed by atoms with Crippen molar-refractivity contribution in [1.29, 1.82) is 0 Å². The van der Waals surface area contributed by atoms with Gasteiger partial charge in [0, 0.05) is 38.6 Å². The fourth-order valence-corrected chi connectivity index (χ4v) is 4.68. The van der Waals surface area contributed by atoms with Crippen LogP contribution in [0, 0.1) is 12.3 Å². The van der Waals surface area contributed by atoms with E-state index in [1.165, 1.54) is 11.1 Å². The molecule has 2 aliphatic heterocycles. The number of hydrogen-bond donors (Lipinski definition) is 0. The average Bonchev–Trinajstić information content (AvgIpc) is 3.16. The summed E-state index contributed by atoms with van der Waals surface area (Å²) in [6.45, 7) is 6.33. The molecule has 1 amide bonds. The van der Waals surface area contributed by atoms with E-state index in [1.807, 2.05) is 48.4 Å². The SMILES string of the molecule is Cc1ccc(OCC(=O)N2CCC3(CC2)COC(CN(C)Cc2cccnc2)C3)cc1. The van der Waals surface area contributed by atoms with E-state index in [9.17, 15) is 4.79 Å². The van der Waals surface area contributed by atoms with Gasteiger partial charge in [-0.25, -0.2) is 0 Å². The molecular weight excluding hydrogens is 390 g/mol. The van der Waals surface area contributed by atoms with Crippen molar-refractivity contribution in [1.82, 2.24) is 14.8 Å². The van der Waals surface area contributed by atoms with E-state index in [-0.39, 0.29) is 24.0 Å². The molecule has 2 saturated heterocycles. The van der Waals surface area contributed by atoms with Gasteiger partial charge in [0.2, 0.25) is 0 Å². The van der Waals surface area contributed by atoms with Crippen molar-refractivity contribution in [3.8, 4) is 5.75 Å². The summed E-state index contributed by atoms with van der Waals surface area (Å²) in [5.74, 6) is 0.817. The summed E-state index contributed by atoms with van der Waals surface area (Å²) in [6, 6.07) is 11.9. The predicted octanol–water partition coefficient (Wildman–Crippen LogP) is 3.30. The van der Waals surface area contributed by atoms with Crippen molar-refractivity contribution in [2.24, 2.45) is 5.41 Å². The Kier molecular flexibility index (Phi) is 6.88. The van der Waals surface area contributed by atoms with Gasteiger partial charge in [-0.1, -0.05) is 23.8 Å². The zero-order valence-corrected chi connectivity index (χ0v) is 18.6. The first-order chi connectivity index (χ1) is 15.0. The predicted molar refractivity (Wildman–Crippen MR) is 120 cm³/mol. The molecule has 31 heavy (non-hydrogen) atoms. The number of likely N-dealkylation sites (N-methyl/N-ethyl adjacent to an activating group) is 1. The molecule has 0 bridgehead atoms. The van der Waals surface area contributed by atoms with Gasteiger partial charge in [-0.05, 0) is 62.4 Å². The van der Waals surface area contributed by atoms with Gasteiger partial charge in [-0.15, -0.1) is 0 Å². The summed E-state index contributed by atoms with van der Waals surface area (Å²) < 4.78 is 11.9. The van der Waals surface area contributed by atoms with E-state index < -0.39 is 0 Å². The molecule has 1 atom stereocenters. The summed E-state index contributed by atoms with van der Waals surface area (Å²) in [4.78, 5) is 21.0. The number of rotatable bonds is 7. The number of carbonyl (C=O) groups is 1. The molecule has 4 rings (SSSR count). The smallest absolute Gasteiger partial charge is 0.260 e. The number of amides is 1. The number of aryl methyl sites for hydroxylation is 1. The fourth-order valence-electron chi connectivity index (χ4n) is 4.68. The normalized spacial score (nSPS) is 20.4. The van der Waals surface area contributed by atoms with Gasteiger partial charge in [-0.2, -0.15) is 0 Å². The number of hydrogen-bond acceptors (Lipinski definition) is 5. The first-order valence-electron chi connectivity index (χ1n) is 11.2. The van der Waals surface area contributed by atoms with Crippen LogP contribution < -0.4 is 4.74 Å². The maximum Gasteiger partial charge on any atom is 0.260 e. The van der Waals surface area contributed by atoms with Crippen LogP contribution in [-0.2, 0) is 16.1 Å². The van der Waals surface area contributed by atoms with Gasteiger partial charge in [-0.3, -0.25) is 14.7 Å². The second-order valence-corrected chi connectivity index (χ2v) is 9.18. The van der Waals surface area contributed by atoms with Gasteiger partial charge in [0.05, 0.1) is 12.7 Å². The second kappa shape index (κ2) is 9.79. The molecule has 1 aromatic carbocycles. The second-order valence-electron chi connectivity index (χ2n) is 9.18. The van der Waals surface area contributed by atoms with Crippen LogP contribution in [0.15, 0.2) is 48.8 Å². The molecule has 2 aliphatic rings. The largest absolute Gasteiger partial charge is 0.484 e. The van der Waals surface area contributed by atoms with E-state index in [4.69, 9.17) is 9.47 Å². The van der Waals surface area contributed by atoms with Crippen LogP contribution in [0.5, 0.6) is 5.75 Å². The molecule has 3 heterocycles. The van der Waals surface area contributed by atoms with E-state index in [0.717, 1.165) is 57.8 Å². The number of ether oxygens (including phenoxy) is 2. The minimum atomic E-state index is 0.0714. The van der Waals surface area contributed by atoms with Crippen LogP contribution in [0.3, 0.4) is 0 Å². The third kappa shape index (κ3) is 5.83. The first kappa shape index (κ1) is 21.8. The van der Waals surface area contributed by atoms with E-state index in [0.29, 0.717) is 0 Å². The lowest BCUT2D eigenvalue weighted by molar-refractivity contribution is -0.135. The summed E-state index contributed by atoms with van der Waals surface area (Å²) in [5.41, 5.74) is 2.62. The van der Waals surface area contributed by atoms with Crippen molar-refractivity contribution in [3.05, 3.63) is 59.9 Å². The maximum absolute atomic E-state index is 12.6. The van der Waals surface area contributed by atoms with Gasteiger partial charge >= 0.3 is 0 Å². The Morgan fingerprint density at radius 2 is 2.03 bits per heavy atom. The molecule has 0 N–H and O–H groups in total. The standard InChI is InChI=1S/C25H33N3O3/c1-20-5-7-22(8-6-20)30-18-24(29)28-12-9-25(10-13-28)14-23(31-19-25)17-27(2)16-21-4-3-11-26-15-21/h3-8,11,15,23H,9-10,12-14,16-19H2,1-2H3. The highest BCUT2D eigenvalue weighted by molar-refractivity contribution is 5.77. The summed E-state index contributed by atoms with van der Waals surface area (Å²) >= 11 is 0. The number of nitrogens with zero attached hydrogens (tertiary/aromatic N) is 3. The van der Waals surface area contributed by atoms with Crippen LogP contribution in [0.2, 0.25) is 0 Å². The lowest BCUT2D eigenvalue weighted by atomic mass is 9.76. The minimum Gasteiger partial charge on any atom is -0.484 e. The highest BCUT2D eigenvalue weighted by Crippen LogP contribution is 2.42. The van der Waals surface area contributed by atoms with Gasteiger partial charge in [0.1, 0.15) is 5.75 Å². The summed E-state index contributed by atoms with van der Waals surface area (Å²) in [5, 5.41) is 0. The third-order valence-corrected chi connectivity index (χ3v) is 6.54. The topological polar surface area (TPSA) is 54.9 Å². The third-order valence-electron chi connectivity index (χ3n) is 6.54. The fraction of sp³-hybridized carbons (Fsp3) is 0.520. The van der Waals surface area contributed by atoms with Gasteiger partial charge in [0.15, 0.2) is 6.61 Å². The molecule has 2 fully saturated rings. The first-order valence-corrected chi connectivity index (χ1v) is 11.2. The molecule has 1 unspecified atom stereocenters. The molecule has 2 aromatic rings. The Hall–Kier alpha value is -2.44. The van der Waals surface area contributed by atoms with E-state index in [2.05, 4.69) is 23.0 Å². The zero-order chi connectivity index (χ0) is 21.7. The molecule has 6 nitrogen and oxygen atoms in total. The highest BCUT2D eigenvalue weighted by Gasteiger charge is 2.43. The number of likely N-dealkylation sites (tertiary alicyclic amines) is 1. The van der Waals surface area contributed by atoms with Crippen molar-refractivity contribution in [3.63, 3.8) is 0 Å². The monoisotopic (exact) mass is 423 g/mol. The molecule has 1 aromatic heterocycles. The van der Waals surface area contributed by atoms with Gasteiger partial charge < -0.3 is 14.4 Å². The summed E-state index contributed by atoms with van der Waals surface area (Å²) in [6.07, 6.45) is 7.07. The number of aromatic nitrogens is 1. The van der Waals surface area contributed by atoms with Crippen molar-refractivity contribution >= 4 is 5.91 Å². The average molecular weight is 424 g/mol. The summed E-state index contributed by atoms with van der Waals surface area (Å²) in [7, 11) is 2.14. The number of piperidine rings is 1. The van der Waals surface area contributed by atoms with Crippen LogP contribution in [-0.4, -0.2) is 66.7 Å². The van der Waals surface area contributed by atoms with Crippen LogP contribution in [0.4, 0.5) is 0 Å². The molecule has 166 valence electrons. The van der Waals surface area contributed by atoms with Crippen LogP contribution in [0.1, 0.15) is 30.4 Å². The molecule has 0 saturated carbocycles. The lowest BCUT2D eigenvalue weighted by Crippen LogP contribution is -2.45. The quantitative estimate of drug-likeness (QED) is 0.684. The van der Waals surface area contributed by atoms with Crippen molar-refractivity contribution in [2.75, 3.05) is 39.9 Å². The minimum absolute atomic E-state index is 0.0714. The number of carbonyl (C=O) groups excluding carboxylic acids is 1. The van der Waals surface area contributed by atoms with Crippen molar-refractivity contribution in [2.45, 2.75) is 38.8 Å². The van der Waals surface area contributed by atoms with E-state index >= 15 is 0 Å². The lowest BCUT2D eigenvalue weighted by Gasteiger charge is -2.38. The maximum atomic E-state index is 12.6. The van der Waals surface area contributed by atoms with Crippen molar-refractivity contribution < 1.29 is 14.3 Å².